The van der Waals surface area contributed by atoms with Gasteiger partial charge in [-0.2, -0.15) is 8.78 Å². The van der Waals surface area contributed by atoms with Crippen LogP contribution >= 0.6 is 0 Å². The van der Waals surface area contributed by atoms with Gasteiger partial charge in [-0.25, -0.2) is 4.79 Å². The first kappa shape index (κ1) is 15.3. The maximum atomic E-state index is 13.9. The van der Waals surface area contributed by atoms with E-state index in [2.05, 4.69) is 5.32 Å². The fraction of sp³-hybridized carbons (Fsp3) is 0.400. The number of esters is 1. The highest BCUT2D eigenvalue weighted by Gasteiger charge is 2.44. The van der Waals surface area contributed by atoms with Crippen LogP contribution < -0.4 is 10.1 Å². The van der Waals surface area contributed by atoms with Crippen LogP contribution in [0.5, 0.6) is 5.75 Å². The van der Waals surface area contributed by atoms with Crippen molar-refractivity contribution in [2.45, 2.75) is 25.7 Å². The number of alkyl halides is 2. The Morgan fingerprint density at radius 3 is 2.57 bits per heavy atom. The number of allylic oxidation sites excluding steroid dienone is 1. The molecule has 0 saturated heterocycles. The van der Waals surface area contributed by atoms with E-state index in [9.17, 15) is 13.6 Å². The summed E-state index contributed by atoms with van der Waals surface area (Å²) in [5.74, 6) is -3.12. The van der Waals surface area contributed by atoms with Gasteiger partial charge in [0.15, 0.2) is 0 Å². The van der Waals surface area contributed by atoms with Gasteiger partial charge < -0.3 is 14.8 Å². The molecular weight excluding hydrogens is 280 g/mol. The number of methoxy groups -OCH3 is 1. The number of hydrogen-bond acceptors (Lipinski definition) is 4. The summed E-state index contributed by atoms with van der Waals surface area (Å²) in [4.78, 5) is 11.8. The van der Waals surface area contributed by atoms with Crippen LogP contribution in [0.2, 0.25) is 0 Å². The SMILES string of the molecule is CCOC(=O)C1=C(Nc2ccc(OC)cc2)C(F)(F)CC1. The summed E-state index contributed by atoms with van der Waals surface area (Å²) in [5, 5.41) is 2.65. The molecule has 0 atom stereocenters. The maximum absolute atomic E-state index is 13.9. The van der Waals surface area contributed by atoms with Crippen LogP contribution in [0.1, 0.15) is 19.8 Å². The Kier molecular flexibility index (Phi) is 4.45. The van der Waals surface area contributed by atoms with E-state index in [4.69, 9.17) is 9.47 Å². The Morgan fingerprint density at radius 1 is 1.33 bits per heavy atom. The second-order valence-electron chi connectivity index (χ2n) is 4.63. The molecule has 114 valence electrons. The van der Waals surface area contributed by atoms with E-state index in [1.807, 2.05) is 0 Å². The van der Waals surface area contributed by atoms with Gasteiger partial charge in [-0.15, -0.1) is 0 Å². The molecule has 0 saturated carbocycles. The lowest BCUT2D eigenvalue weighted by Crippen LogP contribution is -2.22. The number of nitrogens with one attached hydrogen (secondary N) is 1. The Morgan fingerprint density at radius 2 is 2.00 bits per heavy atom. The number of carbonyl (C=O) groups is 1. The fourth-order valence-electron chi connectivity index (χ4n) is 2.16. The van der Waals surface area contributed by atoms with E-state index in [0.717, 1.165) is 0 Å². The molecular formula is C15H17F2NO3. The summed E-state index contributed by atoms with van der Waals surface area (Å²) in [6.07, 6.45) is -0.385. The molecule has 0 aliphatic heterocycles. The Bertz CT molecular complexity index is 553. The highest BCUT2D eigenvalue weighted by Crippen LogP contribution is 2.41. The molecule has 2 rings (SSSR count). The molecule has 0 unspecified atom stereocenters. The van der Waals surface area contributed by atoms with Crippen molar-refractivity contribution in [1.82, 2.24) is 0 Å². The molecule has 1 aromatic rings. The standard InChI is InChI=1S/C15H17F2NO3/c1-3-21-14(19)12-8-9-15(16,17)13(12)18-10-4-6-11(20-2)7-5-10/h4-7,18H,3,8-9H2,1-2H3. The van der Waals surface area contributed by atoms with Crippen molar-refractivity contribution in [3.05, 3.63) is 35.5 Å². The summed E-state index contributed by atoms with van der Waals surface area (Å²) in [7, 11) is 1.52. The first-order valence-corrected chi connectivity index (χ1v) is 6.67. The number of rotatable bonds is 5. The molecule has 0 spiro atoms. The van der Waals surface area contributed by atoms with E-state index in [1.165, 1.54) is 7.11 Å². The van der Waals surface area contributed by atoms with Crippen LogP contribution in [0.4, 0.5) is 14.5 Å². The average molecular weight is 297 g/mol. The van der Waals surface area contributed by atoms with Crippen molar-refractivity contribution in [1.29, 1.82) is 0 Å². The monoisotopic (exact) mass is 297 g/mol. The first-order valence-electron chi connectivity index (χ1n) is 6.67. The highest BCUT2D eigenvalue weighted by atomic mass is 19.3. The second-order valence-corrected chi connectivity index (χ2v) is 4.63. The molecule has 4 nitrogen and oxygen atoms in total. The summed E-state index contributed by atoms with van der Waals surface area (Å²) in [5.41, 5.74) is 0.109. The molecule has 21 heavy (non-hydrogen) atoms. The third-order valence-corrected chi connectivity index (χ3v) is 3.24. The van der Waals surface area contributed by atoms with Crippen LogP contribution in [0.15, 0.2) is 35.5 Å². The number of ether oxygens (including phenoxy) is 2. The van der Waals surface area contributed by atoms with Gasteiger partial charge in [-0.1, -0.05) is 0 Å². The van der Waals surface area contributed by atoms with E-state index in [-0.39, 0.29) is 30.7 Å². The van der Waals surface area contributed by atoms with E-state index in [1.54, 1.807) is 31.2 Å². The van der Waals surface area contributed by atoms with Crippen molar-refractivity contribution < 1.29 is 23.0 Å². The Balaban J connectivity index is 2.27. The molecule has 0 aromatic heterocycles. The maximum Gasteiger partial charge on any atom is 0.335 e. The summed E-state index contributed by atoms with van der Waals surface area (Å²) >= 11 is 0. The molecule has 0 bridgehead atoms. The third kappa shape index (κ3) is 3.32. The number of benzene rings is 1. The van der Waals surface area contributed by atoms with Gasteiger partial charge in [0.25, 0.3) is 5.92 Å². The minimum absolute atomic E-state index is 0.00429. The van der Waals surface area contributed by atoms with Crippen molar-refractivity contribution in [3.63, 3.8) is 0 Å². The lowest BCUT2D eigenvalue weighted by Gasteiger charge is -2.17. The molecule has 0 heterocycles. The zero-order valence-electron chi connectivity index (χ0n) is 11.9. The predicted molar refractivity (Wildman–Crippen MR) is 74.5 cm³/mol. The minimum atomic E-state index is -3.05. The Hall–Kier alpha value is -2.11. The zero-order valence-corrected chi connectivity index (χ0v) is 11.9. The molecule has 0 fully saturated rings. The first-order chi connectivity index (χ1) is 9.97. The van der Waals surface area contributed by atoms with Crippen LogP contribution in [0.25, 0.3) is 0 Å². The van der Waals surface area contributed by atoms with E-state index in [0.29, 0.717) is 11.4 Å². The topological polar surface area (TPSA) is 47.6 Å². The van der Waals surface area contributed by atoms with Gasteiger partial charge in [-0.05, 0) is 37.6 Å². The Labute approximate surface area is 121 Å². The molecule has 0 radical (unpaired) electrons. The van der Waals surface area contributed by atoms with Crippen molar-refractivity contribution in [3.8, 4) is 5.75 Å². The summed E-state index contributed by atoms with van der Waals surface area (Å²) in [6.45, 7) is 1.80. The van der Waals surface area contributed by atoms with Crippen molar-refractivity contribution >= 4 is 11.7 Å². The third-order valence-electron chi connectivity index (χ3n) is 3.24. The molecule has 1 aliphatic rings. The summed E-state index contributed by atoms with van der Waals surface area (Å²) in [6, 6.07) is 6.53. The average Bonchev–Trinajstić information content (AvgIpc) is 2.76. The fourth-order valence-corrected chi connectivity index (χ4v) is 2.16. The van der Waals surface area contributed by atoms with Crippen molar-refractivity contribution in [2.75, 3.05) is 19.0 Å². The smallest absolute Gasteiger partial charge is 0.335 e. The van der Waals surface area contributed by atoms with Gasteiger partial charge in [-0.3, -0.25) is 0 Å². The van der Waals surface area contributed by atoms with Gasteiger partial charge in [0.1, 0.15) is 5.75 Å². The highest BCUT2D eigenvalue weighted by molar-refractivity contribution is 5.91. The summed E-state index contributed by atoms with van der Waals surface area (Å²) < 4.78 is 37.7. The molecule has 1 aliphatic carbocycles. The number of anilines is 1. The van der Waals surface area contributed by atoms with Crippen LogP contribution in [-0.2, 0) is 9.53 Å². The number of halogens is 2. The normalized spacial score (nSPS) is 16.8. The largest absolute Gasteiger partial charge is 0.497 e. The van der Waals surface area contributed by atoms with E-state index >= 15 is 0 Å². The molecule has 0 amide bonds. The molecule has 1 N–H and O–H groups in total. The minimum Gasteiger partial charge on any atom is -0.497 e. The van der Waals surface area contributed by atoms with Crippen LogP contribution in [-0.4, -0.2) is 25.6 Å². The number of hydrogen-bond donors (Lipinski definition) is 1. The van der Waals surface area contributed by atoms with Crippen LogP contribution in [0, 0.1) is 0 Å². The lowest BCUT2D eigenvalue weighted by molar-refractivity contribution is -0.138. The molecule has 6 heteroatoms. The predicted octanol–water partition coefficient (Wildman–Crippen LogP) is 3.35. The van der Waals surface area contributed by atoms with E-state index < -0.39 is 11.9 Å². The van der Waals surface area contributed by atoms with Crippen molar-refractivity contribution in [2.24, 2.45) is 0 Å². The van der Waals surface area contributed by atoms with Gasteiger partial charge >= 0.3 is 5.97 Å². The van der Waals surface area contributed by atoms with Gasteiger partial charge in [0.05, 0.1) is 25.0 Å². The van der Waals surface area contributed by atoms with Gasteiger partial charge in [0.2, 0.25) is 0 Å². The number of carbonyl (C=O) groups excluding carboxylic acids is 1. The van der Waals surface area contributed by atoms with Crippen LogP contribution in [0.3, 0.4) is 0 Å². The van der Waals surface area contributed by atoms with Gasteiger partial charge in [0, 0.05) is 12.1 Å². The lowest BCUT2D eigenvalue weighted by atomic mass is 10.2. The second kappa shape index (κ2) is 6.11. The quantitative estimate of drug-likeness (QED) is 0.847. The zero-order chi connectivity index (χ0) is 15.5. The molecule has 1 aromatic carbocycles.